The molecule has 2 fully saturated rings. The Bertz CT molecular complexity index is 1600. The summed E-state index contributed by atoms with van der Waals surface area (Å²) in [5, 5.41) is 23.8. The molecule has 54 heavy (non-hydrogen) atoms. The van der Waals surface area contributed by atoms with E-state index in [4.69, 9.17) is 14.9 Å². The second-order valence-electron chi connectivity index (χ2n) is 14.8. The van der Waals surface area contributed by atoms with E-state index in [0.29, 0.717) is 36.5 Å². The van der Waals surface area contributed by atoms with E-state index in [1.807, 2.05) is 27.8 Å². The zero-order valence-corrected chi connectivity index (χ0v) is 32.9. The predicted octanol–water partition coefficient (Wildman–Crippen LogP) is 4.11. The Morgan fingerprint density at radius 1 is 1.02 bits per heavy atom. The maximum absolute atomic E-state index is 14.3. The van der Waals surface area contributed by atoms with Crippen LogP contribution in [-0.2, 0) is 14.4 Å². The number of aromatic nitrogens is 3. The van der Waals surface area contributed by atoms with Crippen molar-refractivity contribution in [1.29, 1.82) is 0 Å². The van der Waals surface area contributed by atoms with Crippen molar-refractivity contribution in [2.75, 3.05) is 71.4 Å². The molecule has 4 rings (SSSR count). The van der Waals surface area contributed by atoms with E-state index < -0.39 is 17.8 Å². The van der Waals surface area contributed by atoms with Gasteiger partial charge in [0.2, 0.25) is 5.91 Å². The SMILES string of the molecule is CCN(C(=O)c1cc(F)ccc1Oc1nncnc1N1CCC2(C1)CN(C(CCCN(C)CCN(C)C(C)=O)C(C)C)C2)C(C)C.O=C(O)/C=C/C(=O)O. The van der Waals surface area contributed by atoms with Crippen molar-refractivity contribution in [1.82, 2.24) is 34.8 Å². The predicted molar refractivity (Wildman–Crippen MR) is 202 cm³/mol. The third kappa shape index (κ3) is 12.4. The molecule has 2 aliphatic rings. The fraction of sp³-hybridized carbons (Fsp3) is 0.605. The third-order valence-electron chi connectivity index (χ3n) is 9.99. The zero-order valence-electron chi connectivity index (χ0n) is 32.9. The molecule has 0 aliphatic carbocycles. The summed E-state index contributed by atoms with van der Waals surface area (Å²) in [4.78, 5) is 59.1. The monoisotopic (exact) mass is 756 g/mol. The number of carbonyl (C=O) groups excluding carboxylic acids is 2. The Morgan fingerprint density at radius 2 is 1.69 bits per heavy atom. The Morgan fingerprint density at radius 3 is 2.26 bits per heavy atom. The van der Waals surface area contributed by atoms with Crippen LogP contribution in [0.4, 0.5) is 10.2 Å². The lowest BCUT2D eigenvalue weighted by Crippen LogP contribution is -2.62. The molecular weight excluding hydrogens is 699 g/mol. The quantitative estimate of drug-likeness (QED) is 0.221. The third-order valence-corrected chi connectivity index (χ3v) is 9.99. The lowest BCUT2D eigenvalue weighted by molar-refractivity contribution is -0.134. The molecule has 1 spiro atoms. The molecule has 1 atom stereocenters. The number of benzene rings is 1. The summed E-state index contributed by atoms with van der Waals surface area (Å²) in [5.74, 6) is -1.63. The molecule has 1 aromatic carbocycles. The number of anilines is 1. The zero-order chi connectivity index (χ0) is 40.2. The highest BCUT2D eigenvalue weighted by Crippen LogP contribution is 2.44. The van der Waals surface area contributed by atoms with E-state index in [1.165, 1.54) is 24.5 Å². The van der Waals surface area contributed by atoms with E-state index in [1.54, 1.807) is 16.7 Å². The molecular formula is C38H57FN8O7. The van der Waals surface area contributed by atoms with Crippen LogP contribution in [0.5, 0.6) is 11.6 Å². The smallest absolute Gasteiger partial charge is 0.328 e. The number of carboxylic acid groups (broad SMARTS) is 2. The molecule has 16 heteroatoms. The first-order chi connectivity index (χ1) is 25.5. The number of carbonyl (C=O) groups is 4. The number of nitrogens with zero attached hydrogens (tertiary/aromatic N) is 8. The van der Waals surface area contributed by atoms with Gasteiger partial charge in [0, 0.05) is 89.4 Å². The first-order valence-corrected chi connectivity index (χ1v) is 18.5. The van der Waals surface area contributed by atoms with Crippen molar-refractivity contribution in [3.8, 4) is 11.6 Å². The van der Waals surface area contributed by atoms with Crippen molar-refractivity contribution < 1.29 is 38.5 Å². The number of rotatable bonds is 17. The van der Waals surface area contributed by atoms with Crippen molar-refractivity contribution in [3.63, 3.8) is 0 Å². The molecule has 3 heterocycles. The van der Waals surface area contributed by atoms with Gasteiger partial charge in [-0.25, -0.2) is 19.0 Å². The van der Waals surface area contributed by atoms with Crippen LogP contribution in [0, 0.1) is 17.2 Å². The topological polar surface area (TPSA) is 173 Å². The molecule has 1 unspecified atom stereocenters. The molecule has 2 aliphatic heterocycles. The summed E-state index contributed by atoms with van der Waals surface area (Å²) in [7, 11) is 3.98. The van der Waals surface area contributed by atoms with Gasteiger partial charge in [-0.3, -0.25) is 14.5 Å². The maximum Gasteiger partial charge on any atom is 0.328 e. The minimum absolute atomic E-state index is 0.0484. The number of ether oxygens (including phenoxy) is 1. The van der Waals surface area contributed by atoms with Crippen LogP contribution >= 0.6 is 0 Å². The number of hydrogen-bond donors (Lipinski definition) is 2. The van der Waals surface area contributed by atoms with Gasteiger partial charge in [-0.2, -0.15) is 0 Å². The van der Waals surface area contributed by atoms with Gasteiger partial charge in [0.25, 0.3) is 11.8 Å². The largest absolute Gasteiger partial charge is 0.478 e. The number of likely N-dealkylation sites (tertiary alicyclic amines) is 1. The number of amides is 2. The van der Waals surface area contributed by atoms with Crippen molar-refractivity contribution in [3.05, 3.63) is 48.1 Å². The van der Waals surface area contributed by atoms with Crippen LogP contribution < -0.4 is 9.64 Å². The number of carboxylic acids is 2. The molecule has 2 N–H and O–H groups in total. The standard InChI is InChI=1S/C34H53FN8O3.C4H4O4/c1-9-43(25(4)5)33(45)28-19-27(35)12-13-30(28)46-32-31(36-23-37-38-32)41-16-14-34(20-41)21-42(22-34)29(24(2)3)11-10-15-39(7)17-18-40(8)26(6)44;5-3(6)1-2-4(7)8/h12-13,19,23-25,29H,9-11,14-18,20-22H2,1-8H3;1-2H,(H,5,6)(H,7,8)/b;2-1+. The van der Waals surface area contributed by atoms with E-state index in [-0.39, 0.29) is 40.5 Å². The molecule has 0 bridgehead atoms. The number of aliphatic carboxylic acids is 2. The lowest BCUT2D eigenvalue weighted by Gasteiger charge is -2.53. The Labute approximate surface area is 317 Å². The van der Waals surface area contributed by atoms with Crippen LogP contribution in [0.1, 0.15) is 71.2 Å². The minimum atomic E-state index is -1.26. The Balaban J connectivity index is 0.000000879. The molecule has 0 saturated carbocycles. The van der Waals surface area contributed by atoms with Crippen LogP contribution in [0.2, 0.25) is 0 Å². The van der Waals surface area contributed by atoms with Gasteiger partial charge < -0.3 is 34.5 Å². The van der Waals surface area contributed by atoms with Gasteiger partial charge >= 0.3 is 11.9 Å². The van der Waals surface area contributed by atoms with Crippen LogP contribution in [-0.4, -0.2) is 147 Å². The molecule has 2 amide bonds. The maximum atomic E-state index is 14.3. The second-order valence-corrected chi connectivity index (χ2v) is 14.8. The van der Waals surface area contributed by atoms with E-state index in [0.717, 1.165) is 65.1 Å². The van der Waals surface area contributed by atoms with Gasteiger partial charge in [0.05, 0.1) is 5.56 Å². The van der Waals surface area contributed by atoms with Gasteiger partial charge in [-0.1, -0.05) is 13.8 Å². The average Bonchev–Trinajstić information content (AvgIpc) is 3.54. The Hall–Kier alpha value is -4.70. The molecule has 2 saturated heterocycles. The fourth-order valence-corrected chi connectivity index (χ4v) is 6.97. The first kappa shape index (κ1) is 43.7. The normalized spacial score (nSPS) is 15.7. The van der Waals surface area contributed by atoms with E-state index >= 15 is 0 Å². The first-order valence-electron chi connectivity index (χ1n) is 18.5. The molecule has 1 aromatic heterocycles. The molecule has 298 valence electrons. The second kappa shape index (κ2) is 20.1. The Kier molecular flexibility index (Phi) is 16.3. The van der Waals surface area contributed by atoms with Crippen molar-refractivity contribution >= 4 is 29.6 Å². The van der Waals surface area contributed by atoms with Crippen LogP contribution in [0.25, 0.3) is 0 Å². The van der Waals surface area contributed by atoms with Crippen LogP contribution in [0.15, 0.2) is 36.7 Å². The summed E-state index contributed by atoms with van der Waals surface area (Å²) in [5.41, 5.74) is 0.327. The summed E-state index contributed by atoms with van der Waals surface area (Å²) in [6, 6.07) is 4.45. The fourth-order valence-electron chi connectivity index (χ4n) is 6.97. The van der Waals surface area contributed by atoms with Gasteiger partial charge in [0.15, 0.2) is 5.82 Å². The lowest BCUT2D eigenvalue weighted by atomic mass is 9.76. The minimum Gasteiger partial charge on any atom is -0.478 e. The highest BCUT2D eigenvalue weighted by Gasteiger charge is 2.50. The van der Waals surface area contributed by atoms with Gasteiger partial charge in [0.1, 0.15) is 17.9 Å². The number of halogens is 1. The highest BCUT2D eigenvalue weighted by atomic mass is 19.1. The van der Waals surface area contributed by atoms with E-state index in [9.17, 15) is 23.6 Å². The van der Waals surface area contributed by atoms with Crippen molar-refractivity contribution in [2.24, 2.45) is 11.3 Å². The molecule has 0 radical (unpaired) electrons. The van der Waals surface area contributed by atoms with Crippen molar-refractivity contribution in [2.45, 2.75) is 72.9 Å². The summed E-state index contributed by atoms with van der Waals surface area (Å²) in [6.07, 6.45) is 5.84. The summed E-state index contributed by atoms with van der Waals surface area (Å²) >= 11 is 0. The number of likely N-dealkylation sites (N-methyl/N-ethyl adjacent to an activating group) is 2. The van der Waals surface area contributed by atoms with Crippen LogP contribution in [0.3, 0.4) is 0 Å². The summed E-state index contributed by atoms with van der Waals surface area (Å²) in [6.45, 7) is 18.9. The molecule has 15 nitrogen and oxygen atoms in total. The highest BCUT2D eigenvalue weighted by molar-refractivity contribution is 5.97. The van der Waals surface area contributed by atoms with Gasteiger partial charge in [-0.05, 0) is 77.7 Å². The molecule has 2 aromatic rings. The number of hydrogen-bond acceptors (Lipinski definition) is 11. The van der Waals surface area contributed by atoms with E-state index in [2.05, 4.69) is 50.8 Å². The average molecular weight is 757 g/mol. The van der Waals surface area contributed by atoms with Gasteiger partial charge in [-0.15, -0.1) is 10.2 Å². The summed E-state index contributed by atoms with van der Waals surface area (Å²) < 4.78 is 20.5.